The summed E-state index contributed by atoms with van der Waals surface area (Å²) >= 11 is 0. The number of rotatable bonds is 2. The zero-order chi connectivity index (χ0) is 16.8. The van der Waals surface area contributed by atoms with Crippen molar-refractivity contribution in [3.63, 3.8) is 0 Å². The van der Waals surface area contributed by atoms with Gasteiger partial charge >= 0.3 is 0 Å². The van der Waals surface area contributed by atoms with Crippen LogP contribution in [0.3, 0.4) is 0 Å². The second-order valence-corrected chi connectivity index (χ2v) is 7.47. The Bertz CT molecular complexity index is 754. The van der Waals surface area contributed by atoms with Gasteiger partial charge in [-0.25, -0.2) is 0 Å². The Hall–Kier alpha value is -1.85. The van der Waals surface area contributed by atoms with Gasteiger partial charge < -0.3 is 19.3 Å². The smallest absolute Gasteiger partial charge is 0.253 e. The number of likely N-dealkylation sites (tertiary alicyclic amines) is 1. The van der Waals surface area contributed by atoms with Crippen molar-refractivity contribution in [2.24, 2.45) is 11.8 Å². The average molecular weight is 328 g/mol. The summed E-state index contributed by atoms with van der Waals surface area (Å²) < 4.78 is 5.34. The molecule has 2 heterocycles. The van der Waals surface area contributed by atoms with Gasteiger partial charge in [-0.2, -0.15) is 0 Å². The van der Waals surface area contributed by atoms with Gasteiger partial charge in [0.1, 0.15) is 5.58 Å². The van der Waals surface area contributed by atoms with Crippen molar-refractivity contribution >= 4 is 16.9 Å². The van der Waals surface area contributed by atoms with Gasteiger partial charge in [0.25, 0.3) is 5.91 Å². The van der Waals surface area contributed by atoms with Crippen molar-refractivity contribution in [1.82, 2.24) is 9.80 Å². The first-order chi connectivity index (χ1) is 11.5. The van der Waals surface area contributed by atoms with Crippen LogP contribution in [0.2, 0.25) is 0 Å². The maximum absolute atomic E-state index is 12.9. The van der Waals surface area contributed by atoms with E-state index in [0.717, 1.165) is 36.9 Å². The van der Waals surface area contributed by atoms with Crippen LogP contribution in [0.5, 0.6) is 0 Å². The summed E-state index contributed by atoms with van der Waals surface area (Å²) in [5, 5.41) is 11.3. The summed E-state index contributed by atoms with van der Waals surface area (Å²) in [6.45, 7) is 1.55. The molecule has 0 spiro atoms. The van der Waals surface area contributed by atoms with Crippen LogP contribution in [0.25, 0.3) is 11.0 Å². The minimum absolute atomic E-state index is 0.0865. The van der Waals surface area contributed by atoms with E-state index in [2.05, 4.69) is 4.90 Å². The highest BCUT2D eigenvalue weighted by atomic mass is 16.3. The average Bonchev–Trinajstić information content (AvgIpc) is 3.18. The molecule has 0 radical (unpaired) electrons. The molecule has 1 aliphatic carbocycles. The maximum atomic E-state index is 12.9. The highest BCUT2D eigenvalue weighted by Crippen LogP contribution is 2.38. The summed E-state index contributed by atoms with van der Waals surface area (Å²) in [6.07, 6.45) is 3.10. The number of aliphatic hydroxyl groups is 1. The van der Waals surface area contributed by atoms with E-state index < -0.39 is 0 Å². The van der Waals surface area contributed by atoms with Crippen LogP contribution in [0, 0.1) is 11.8 Å². The summed E-state index contributed by atoms with van der Waals surface area (Å²) in [7, 11) is 4.04. The molecule has 1 N–H and O–H groups in total. The molecule has 5 heteroatoms. The Morgan fingerprint density at radius 3 is 2.71 bits per heavy atom. The molecule has 1 aromatic carbocycles. The number of carbonyl (C=O) groups excluding carboxylic acids is 1. The van der Waals surface area contributed by atoms with E-state index in [1.807, 2.05) is 43.3 Å². The molecule has 2 fully saturated rings. The molecule has 1 aliphatic heterocycles. The second-order valence-electron chi connectivity index (χ2n) is 7.47. The van der Waals surface area contributed by atoms with Crippen LogP contribution in [0.1, 0.15) is 23.2 Å². The third kappa shape index (κ3) is 2.62. The number of hydrogen-bond acceptors (Lipinski definition) is 4. The molecule has 5 nitrogen and oxygen atoms in total. The SMILES string of the molecule is CN(C)[C@@H]1C[C@@H]2CN(C(=O)c3ccc4occc4c3)C[C@@H]2C[C@H]1O. The fourth-order valence-corrected chi connectivity index (χ4v) is 4.41. The first kappa shape index (κ1) is 15.7. The van der Waals surface area contributed by atoms with Crippen LogP contribution >= 0.6 is 0 Å². The second kappa shape index (κ2) is 5.90. The number of aliphatic hydroxyl groups excluding tert-OH is 1. The van der Waals surface area contributed by atoms with Gasteiger partial charge in [-0.3, -0.25) is 4.79 Å². The van der Waals surface area contributed by atoms with E-state index in [-0.39, 0.29) is 18.1 Å². The van der Waals surface area contributed by atoms with Crippen LogP contribution in [0.4, 0.5) is 0 Å². The zero-order valence-electron chi connectivity index (χ0n) is 14.2. The van der Waals surface area contributed by atoms with E-state index in [4.69, 9.17) is 4.42 Å². The van der Waals surface area contributed by atoms with Crippen molar-refractivity contribution in [3.8, 4) is 0 Å². The van der Waals surface area contributed by atoms with Gasteiger partial charge in [0, 0.05) is 30.1 Å². The van der Waals surface area contributed by atoms with E-state index in [9.17, 15) is 9.90 Å². The Labute approximate surface area is 141 Å². The first-order valence-corrected chi connectivity index (χ1v) is 8.64. The molecule has 1 saturated carbocycles. The van der Waals surface area contributed by atoms with Gasteiger partial charge in [0.15, 0.2) is 0 Å². The highest BCUT2D eigenvalue weighted by molar-refractivity contribution is 5.97. The Morgan fingerprint density at radius 1 is 1.21 bits per heavy atom. The molecule has 24 heavy (non-hydrogen) atoms. The zero-order valence-corrected chi connectivity index (χ0v) is 14.2. The normalized spacial score (nSPS) is 30.1. The van der Waals surface area contributed by atoms with Crippen LogP contribution < -0.4 is 0 Å². The van der Waals surface area contributed by atoms with E-state index in [1.54, 1.807) is 6.26 Å². The van der Waals surface area contributed by atoms with Gasteiger partial charge in [-0.15, -0.1) is 0 Å². The lowest BCUT2D eigenvalue weighted by Crippen LogP contribution is -2.46. The molecule has 4 atom stereocenters. The fraction of sp³-hybridized carbons (Fsp3) is 0.526. The molecule has 1 amide bonds. The number of fused-ring (bicyclic) bond motifs is 2. The molecule has 2 aromatic rings. The van der Waals surface area contributed by atoms with Crippen LogP contribution in [0.15, 0.2) is 34.9 Å². The highest BCUT2D eigenvalue weighted by Gasteiger charge is 2.43. The number of benzene rings is 1. The van der Waals surface area contributed by atoms with E-state index in [0.29, 0.717) is 17.4 Å². The van der Waals surface area contributed by atoms with Crippen LogP contribution in [-0.2, 0) is 0 Å². The lowest BCUT2D eigenvalue weighted by atomic mass is 9.77. The number of amides is 1. The Kier molecular flexibility index (Phi) is 3.85. The van der Waals surface area contributed by atoms with Crippen LogP contribution in [-0.4, -0.2) is 60.1 Å². The maximum Gasteiger partial charge on any atom is 0.253 e. The van der Waals surface area contributed by atoms with Crippen molar-refractivity contribution < 1.29 is 14.3 Å². The molecular formula is C19H24N2O3. The molecule has 1 aromatic heterocycles. The van der Waals surface area contributed by atoms with E-state index in [1.165, 1.54) is 0 Å². The molecule has 1 saturated heterocycles. The molecule has 128 valence electrons. The minimum Gasteiger partial charge on any atom is -0.464 e. The minimum atomic E-state index is -0.293. The third-order valence-electron chi connectivity index (χ3n) is 5.76. The third-order valence-corrected chi connectivity index (χ3v) is 5.76. The summed E-state index contributed by atoms with van der Waals surface area (Å²) in [4.78, 5) is 16.9. The standard InChI is InChI=1S/C19H24N2O3/c1-20(2)16-8-14-10-21(11-15(14)9-17(16)22)19(23)13-3-4-18-12(7-13)5-6-24-18/h3-7,14-17,22H,8-11H2,1-2H3/t14-,15+,16-,17-/m1/s1. The Balaban J connectivity index is 1.51. The molecular weight excluding hydrogens is 304 g/mol. The quantitative estimate of drug-likeness (QED) is 0.918. The van der Waals surface area contributed by atoms with Gasteiger partial charge in [-0.05, 0) is 63.0 Å². The van der Waals surface area contributed by atoms with Crippen molar-refractivity contribution in [2.75, 3.05) is 27.2 Å². The topological polar surface area (TPSA) is 56.9 Å². The first-order valence-electron chi connectivity index (χ1n) is 8.64. The van der Waals surface area contributed by atoms with E-state index >= 15 is 0 Å². The lowest BCUT2D eigenvalue weighted by molar-refractivity contribution is 0.00940. The molecule has 0 unspecified atom stereocenters. The molecule has 2 aliphatic rings. The van der Waals surface area contributed by atoms with Gasteiger partial charge in [0.05, 0.1) is 12.4 Å². The van der Waals surface area contributed by atoms with Crippen molar-refractivity contribution in [1.29, 1.82) is 0 Å². The number of furan rings is 1. The number of likely N-dealkylation sites (N-methyl/N-ethyl adjacent to an activating group) is 1. The summed E-state index contributed by atoms with van der Waals surface area (Å²) in [5.74, 6) is 0.989. The number of nitrogens with zero attached hydrogens (tertiary/aromatic N) is 2. The number of hydrogen-bond donors (Lipinski definition) is 1. The van der Waals surface area contributed by atoms with Crippen molar-refractivity contribution in [2.45, 2.75) is 25.0 Å². The summed E-state index contributed by atoms with van der Waals surface area (Å²) in [5.41, 5.74) is 1.52. The lowest BCUT2D eigenvalue weighted by Gasteiger charge is -2.38. The molecule has 0 bridgehead atoms. The van der Waals surface area contributed by atoms with Gasteiger partial charge in [0.2, 0.25) is 0 Å². The monoisotopic (exact) mass is 328 g/mol. The van der Waals surface area contributed by atoms with Crippen molar-refractivity contribution in [3.05, 3.63) is 36.1 Å². The summed E-state index contributed by atoms with van der Waals surface area (Å²) in [6, 6.07) is 7.68. The number of carbonyl (C=O) groups is 1. The Morgan fingerprint density at radius 2 is 1.96 bits per heavy atom. The molecule has 4 rings (SSSR count). The fourth-order valence-electron chi connectivity index (χ4n) is 4.41. The predicted octanol–water partition coefficient (Wildman–Crippen LogP) is 2.21. The predicted molar refractivity (Wildman–Crippen MR) is 91.8 cm³/mol. The largest absolute Gasteiger partial charge is 0.464 e. The van der Waals surface area contributed by atoms with Gasteiger partial charge in [-0.1, -0.05) is 0 Å².